The normalized spacial score (nSPS) is 11.2. The van der Waals surface area contributed by atoms with Crippen LogP contribution in [0.15, 0.2) is 13.2 Å². The molecular weight excluding hydrogens is 460 g/mol. The predicted octanol–water partition coefficient (Wildman–Crippen LogP) is -2.00. The summed E-state index contributed by atoms with van der Waals surface area (Å²) in [5.74, 6) is -5.06. The molecule has 33 heavy (non-hydrogen) atoms. The number of carboxylic acid groups (broad SMARTS) is 5. The Morgan fingerprint density at radius 1 is 0.606 bits per heavy atom. The van der Waals surface area contributed by atoms with E-state index in [1.54, 1.807) is 0 Å². The highest BCUT2D eigenvalue weighted by Gasteiger charge is 2.33. The summed E-state index contributed by atoms with van der Waals surface area (Å²) >= 11 is 0. The Labute approximate surface area is 190 Å². The molecule has 0 rings (SSSR count). The summed E-state index contributed by atoms with van der Waals surface area (Å²) < 4.78 is 0. The van der Waals surface area contributed by atoms with Gasteiger partial charge in [0.05, 0.1) is 6.61 Å². The first-order valence-electron chi connectivity index (χ1n) is 7.68. The predicted molar refractivity (Wildman–Crippen MR) is 113 cm³/mol. The standard InChI is InChI=1S/C6H12O7.4C2H4O2.C2H4.2H3N/c7-1-2(8)3(9)4(10)5(11)6(12)13;4*1-2(3)4;1-2;;/h2-5,7-11H,1H2,(H,12,13);4*1H3,(H,3,4);1-2H2;2*1H3/t2-,3-,4+,5-;;;;;;;/m1......./s1. The number of carbonyl (C=O) groups is 5. The molecule has 0 spiro atoms. The van der Waals surface area contributed by atoms with Gasteiger partial charge in [0.2, 0.25) is 0 Å². The zero-order valence-corrected chi connectivity index (χ0v) is 18.9. The van der Waals surface area contributed by atoms with Crippen molar-refractivity contribution in [2.45, 2.75) is 52.1 Å². The van der Waals surface area contributed by atoms with Crippen LogP contribution < -0.4 is 12.3 Å². The van der Waals surface area contributed by atoms with Crippen molar-refractivity contribution in [1.82, 2.24) is 12.3 Å². The Morgan fingerprint density at radius 3 is 0.909 bits per heavy atom. The lowest BCUT2D eigenvalue weighted by atomic mass is 10.0. The fourth-order valence-corrected chi connectivity index (χ4v) is 0.668. The lowest BCUT2D eigenvalue weighted by Crippen LogP contribution is -2.48. The van der Waals surface area contributed by atoms with Crippen molar-refractivity contribution < 1.29 is 75.0 Å². The quantitative estimate of drug-likeness (QED) is 0.182. The molecule has 0 aliphatic heterocycles. The van der Waals surface area contributed by atoms with Gasteiger partial charge >= 0.3 is 5.97 Å². The summed E-state index contributed by atoms with van der Waals surface area (Å²) in [5, 5.41) is 81.5. The molecule has 0 fully saturated rings. The van der Waals surface area contributed by atoms with E-state index in [4.69, 9.17) is 70.2 Å². The van der Waals surface area contributed by atoms with Gasteiger partial charge in [-0.2, -0.15) is 0 Å². The van der Waals surface area contributed by atoms with Gasteiger partial charge in [-0.1, -0.05) is 0 Å². The molecule has 0 saturated carbocycles. The third kappa shape index (κ3) is 94.4. The first kappa shape index (κ1) is 52.0. The van der Waals surface area contributed by atoms with Crippen molar-refractivity contribution in [3.63, 3.8) is 0 Å². The van der Waals surface area contributed by atoms with E-state index in [0.29, 0.717) is 0 Å². The van der Waals surface area contributed by atoms with Crippen LogP contribution in [-0.4, -0.2) is 112 Å². The molecule has 0 unspecified atom stereocenters. The zero-order chi connectivity index (χ0) is 26.9. The highest BCUT2D eigenvalue weighted by atomic mass is 16.4. The second-order valence-corrected chi connectivity index (χ2v) is 4.59. The molecule has 4 atom stereocenters. The molecule has 0 bridgehead atoms. The Hall–Kier alpha value is -3.19. The van der Waals surface area contributed by atoms with Crippen molar-refractivity contribution in [3.05, 3.63) is 13.2 Å². The Morgan fingerprint density at radius 2 is 0.788 bits per heavy atom. The maximum absolute atomic E-state index is 10.1. The van der Waals surface area contributed by atoms with Crippen molar-refractivity contribution in [2.24, 2.45) is 0 Å². The van der Waals surface area contributed by atoms with Gasteiger partial charge in [0.25, 0.3) is 23.9 Å². The van der Waals surface area contributed by atoms with Gasteiger partial charge in [0.1, 0.15) is 18.3 Å². The van der Waals surface area contributed by atoms with Crippen molar-refractivity contribution in [1.29, 1.82) is 0 Å². The molecule has 17 nitrogen and oxygen atoms in total. The van der Waals surface area contributed by atoms with Crippen LogP contribution in [-0.2, 0) is 24.0 Å². The van der Waals surface area contributed by atoms with Gasteiger partial charge in [-0.3, -0.25) is 19.2 Å². The average Bonchev–Trinajstić information content (AvgIpc) is 2.58. The number of rotatable bonds is 5. The third-order valence-electron chi connectivity index (χ3n) is 1.51. The van der Waals surface area contributed by atoms with Gasteiger partial charge in [0.15, 0.2) is 6.10 Å². The number of hydrogen-bond acceptors (Lipinski definition) is 12. The fourth-order valence-electron chi connectivity index (χ4n) is 0.668. The zero-order valence-electron chi connectivity index (χ0n) is 18.9. The molecule has 202 valence electrons. The third-order valence-corrected chi connectivity index (χ3v) is 1.51. The fraction of sp³-hybridized carbons (Fsp3) is 0.562. The van der Waals surface area contributed by atoms with Crippen molar-refractivity contribution in [2.75, 3.05) is 6.61 Å². The summed E-state index contributed by atoms with van der Waals surface area (Å²) in [6.07, 6.45) is -7.84. The van der Waals surface area contributed by atoms with Crippen LogP contribution in [0.1, 0.15) is 27.7 Å². The van der Waals surface area contributed by atoms with Gasteiger partial charge in [-0.25, -0.2) is 4.79 Å². The number of aliphatic hydroxyl groups is 5. The van der Waals surface area contributed by atoms with E-state index in [0.717, 1.165) is 27.7 Å². The molecule has 0 saturated heterocycles. The minimum Gasteiger partial charge on any atom is -0.481 e. The molecule has 0 aromatic rings. The topological polar surface area (TPSA) is 358 Å². The number of aliphatic hydroxyl groups excluding tert-OH is 5. The molecule has 0 amide bonds. The van der Waals surface area contributed by atoms with Crippen LogP contribution in [0.2, 0.25) is 0 Å². The highest BCUT2D eigenvalue weighted by Crippen LogP contribution is 2.04. The van der Waals surface area contributed by atoms with Crippen LogP contribution in [0.3, 0.4) is 0 Å². The molecule has 0 heterocycles. The summed E-state index contributed by atoms with van der Waals surface area (Å²) in [6, 6.07) is 0. The lowest BCUT2D eigenvalue weighted by molar-refractivity contribution is -0.164. The highest BCUT2D eigenvalue weighted by molar-refractivity contribution is 5.72. The summed E-state index contributed by atoms with van der Waals surface area (Å²) in [7, 11) is 0. The number of carboxylic acids is 5. The van der Waals surface area contributed by atoms with Gasteiger partial charge in [-0.05, 0) is 0 Å². The van der Waals surface area contributed by atoms with E-state index in [1.807, 2.05) is 0 Å². The summed E-state index contributed by atoms with van der Waals surface area (Å²) in [6.45, 7) is 9.49. The van der Waals surface area contributed by atoms with E-state index < -0.39 is 60.9 Å². The number of hydrogen-bond donors (Lipinski definition) is 12. The molecule has 0 radical (unpaired) electrons. The van der Waals surface area contributed by atoms with Crippen LogP contribution in [0.4, 0.5) is 0 Å². The Kier molecular flexibility index (Phi) is 57.1. The van der Waals surface area contributed by atoms with Gasteiger partial charge in [-0.15, -0.1) is 13.2 Å². The molecule has 0 aliphatic carbocycles. The minimum absolute atomic E-state index is 0. The van der Waals surface area contributed by atoms with Crippen molar-refractivity contribution >= 4 is 29.8 Å². The van der Waals surface area contributed by atoms with E-state index in [9.17, 15) is 4.79 Å². The van der Waals surface area contributed by atoms with Gasteiger partial charge in [0, 0.05) is 27.7 Å². The first-order chi connectivity index (χ1) is 13.8. The molecule has 17 heteroatoms. The molecule has 0 aliphatic rings. The van der Waals surface area contributed by atoms with E-state index in [-0.39, 0.29) is 12.3 Å². The molecular formula is C16H38N2O15. The number of aliphatic carboxylic acids is 5. The maximum atomic E-state index is 10.1. The molecule has 0 aromatic carbocycles. The SMILES string of the molecule is C=C.CC(=O)O.CC(=O)O.CC(=O)O.CC(=O)O.N.N.O=C(O)[C@H](O)[C@@H](O)[C@H](O)[C@H](O)CO. The first-order valence-corrected chi connectivity index (χ1v) is 7.68. The molecule has 16 N–H and O–H groups in total. The van der Waals surface area contributed by atoms with E-state index in [1.165, 1.54) is 0 Å². The second-order valence-electron chi connectivity index (χ2n) is 4.59. The lowest BCUT2D eigenvalue weighted by Gasteiger charge is -2.23. The monoisotopic (exact) mass is 498 g/mol. The van der Waals surface area contributed by atoms with Gasteiger partial charge < -0.3 is 63.4 Å². The second kappa shape index (κ2) is 36.2. The summed E-state index contributed by atoms with van der Waals surface area (Å²) in [5.41, 5.74) is 0. The average molecular weight is 498 g/mol. The van der Waals surface area contributed by atoms with Crippen LogP contribution >= 0.6 is 0 Å². The Balaban J connectivity index is -0.0000000436. The van der Waals surface area contributed by atoms with E-state index >= 15 is 0 Å². The Bertz CT molecular complexity index is 438. The molecule has 0 aromatic heterocycles. The van der Waals surface area contributed by atoms with Crippen LogP contribution in [0.5, 0.6) is 0 Å². The van der Waals surface area contributed by atoms with Crippen LogP contribution in [0.25, 0.3) is 0 Å². The smallest absolute Gasteiger partial charge is 0.335 e. The van der Waals surface area contributed by atoms with Crippen molar-refractivity contribution in [3.8, 4) is 0 Å². The van der Waals surface area contributed by atoms with E-state index in [2.05, 4.69) is 13.2 Å². The maximum Gasteiger partial charge on any atom is 0.335 e. The largest absolute Gasteiger partial charge is 0.481 e. The summed E-state index contributed by atoms with van der Waals surface area (Å²) in [4.78, 5) is 46.1. The van der Waals surface area contributed by atoms with Crippen LogP contribution in [0, 0.1) is 0 Å². The minimum atomic E-state index is -2.20.